The van der Waals surface area contributed by atoms with Gasteiger partial charge in [0.1, 0.15) is 5.60 Å². The monoisotopic (exact) mass is 306 g/mol. The summed E-state index contributed by atoms with van der Waals surface area (Å²) in [6.07, 6.45) is -0.419. The molecule has 0 saturated carbocycles. The number of carbonyl (C=O) groups is 1. The van der Waals surface area contributed by atoms with Crippen molar-refractivity contribution in [1.29, 1.82) is 0 Å². The van der Waals surface area contributed by atoms with E-state index in [9.17, 15) is 9.90 Å². The van der Waals surface area contributed by atoms with Gasteiger partial charge in [0.2, 0.25) is 0 Å². The molecule has 0 heterocycles. The number of aliphatic hydroxyl groups excluding tert-OH is 2. The van der Waals surface area contributed by atoms with Gasteiger partial charge < -0.3 is 25.0 Å². The molecule has 0 bridgehead atoms. The fourth-order valence-electron chi connectivity index (χ4n) is 1.71. The summed E-state index contributed by atoms with van der Waals surface area (Å²) in [5.74, 6) is 0. The minimum Gasteiger partial charge on any atom is -0.444 e. The van der Waals surface area contributed by atoms with Crippen molar-refractivity contribution in [3.63, 3.8) is 0 Å². The van der Waals surface area contributed by atoms with Gasteiger partial charge in [-0.3, -0.25) is 4.90 Å². The van der Waals surface area contributed by atoms with Crippen LogP contribution in [0.4, 0.5) is 4.79 Å². The Morgan fingerprint density at radius 3 is 2.52 bits per heavy atom. The van der Waals surface area contributed by atoms with E-state index in [4.69, 9.17) is 14.6 Å². The minimum absolute atomic E-state index is 0.278. The average molecular weight is 306 g/mol. The number of nitrogens with zero attached hydrogens (tertiary/aromatic N) is 1. The zero-order valence-electron chi connectivity index (χ0n) is 13.6. The standard InChI is InChI=1S/C14H30N2O5/c1-14(2,3)21-13(19)15-6-8-16(7-5-9-20-4)10-12(18)11-17/h12,17-18H,5-11H2,1-4H3,(H,15,19). The van der Waals surface area contributed by atoms with Crippen LogP contribution in [0.15, 0.2) is 0 Å². The molecule has 0 aliphatic carbocycles. The van der Waals surface area contributed by atoms with Crippen LogP contribution in [-0.2, 0) is 9.47 Å². The van der Waals surface area contributed by atoms with E-state index in [0.717, 1.165) is 13.0 Å². The van der Waals surface area contributed by atoms with Gasteiger partial charge in [-0.2, -0.15) is 0 Å². The summed E-state index contributed by atoms with van der Waals surface area (Å²) in [5.41, 5.74) is -0.519. The van der Waals surface area contributed by atoms with Gasteiger partial charge in [0.05, 0.1) is 12.7 Å². The van der Waals surface area contributed by atoms with Crippen molar-refractivity contribution in [2.75, 3.05) is 46.5 Å². The van der Waals surface area contributed by atoms with Crippen LogP contribution in [0.3, 0.4) is 0 Å². The number of carbonyl (C=O) groups excluding carboxylic acids is 1. The maximum atomic E-state index is 11.5. The van der Waals surface area contributed by atoms with Crippen molar-refractivity contribution in [1.82, 2.24) is 10.2 Å². The molecule has 3 N–H and O–H groups in total. The number of amides is 1. The summed E-state index contributed by atoms with van der Waals surface area (Å²) >= 11 is 0. The molecule has 7 nitrogen and oxygen atoms in total. The Labute approximate surface area is 127 Å². The molecule has 1 atom stereocenters. The van der Waals surface area contributed by atoms with Crippen molar-refractivity contribution in [2.24, 2.45) is 0 Å². The molecule has 0 aromatic carbocycles. The fourth-order valence-corrected chi connectivity index (χ4v) is 1.71. The normalized spacial score (nSPS) is 13.3. The van der Waals surface area contributed by atoms with Crippen molar-refractivity contribution < 1.29 is 24.5 Å². The quantitative estimate of drug-likeness (QED) is 0.500. The molecule has 0 aromatic rings. The highest BCUT2D eigenvalue weighted by atomic mass is 16.6. The molecule has 1 amide bonds. The van der Waals surface area contributed by atoms with Crippen molar-refractivity contribution in [3.05, 3.63) is 0 Å². The van der Waals surface area contributed by atoms with Crippen molar-refractivity contribution in [2.45, 2.75) is 38.9 Å². The average Bonchev–Trinajstić information content (AvgIpc) is 2.36. The Morgan fingerprint density at radius 2 is 2.00 bits per heavy atom. The second-order valence-electron chi connectivity index (χ2n) is 5.91. The first-order valence-electron chi connectivity index (χ1n) is 7.25. The molecular formula is C14H30N2O5. The van der Waals surface area contributed by atoms with Crippen molar-refractivity contribution >= 4 is 6.09 Å². The summed E-state index contributed by atoms with van der Waals surface area (Å²) in [6.45, 7) is 7.84. The van der Waals surface area contributed by atoms with Crippen LogP contribution < -0.4 is 5.32 Å². The molecule has 21 heavy (non-hydrogen) atoms. The minimum atomic E-state index is -0.783. The van der Waals surface area contributed by atoms with Crippen molar-refractivity contribution in [3.8, 4) is 0 Å². The Bertz CT molecular complexity index is 281. The summed E-state index contributed by atoms with van der Waals surface area (Å²) in [6, 6.07) is 0. The first kappa shape index (κ1) is 20.1. The van der Waals surface area contributed by atoms with E-state index in [1.54, 1.807) is 27.9 Å². The number of methoxy groups -OCH3 is 1. The van der Waals surface area contributed by atoms with E-state index in [0.29, 0.717) is 26.2 Å². The SMILES string of the molecule is COCCCN(CCNC(=O)OC(C)(C)C)CC(O)CO. The van der Waals surface area contributed by atoms with Gasteiger partial charge in [0, 0.05) is 39.9 Å². The topological polar surface area (TPSA) is 91.3 Å². The molecular weight excluding hydrogens is 276 g/mol. The third-order valence-electron chi connectivity index (χ3n) is 2.60. The third kappa shape index (κ3) is 12.6. The van der Waals surface area contributed by atoms with Gasteiger partial charge in [-0.1, -0.05) is 0 Å². The lowest BCUT2D eigenvalue weighted by Crippen LogP contribution is -2.41. The molecule has 1 unspecified atom stereocenters. The van der Waals surface area contributed by atoms with E-state index >= 15 is 0 Å². The largest absolute Gasteiger partial charge is 0.444 e. The number of hydrogen-bond donors (Lipinski definition) is 3. The highest BCUT2D eigenvalue weighted by Crippen LogP contribution is 2.06. The van der Waals surface area contributed by atoms with E-state index in [1.165, 1.54) is 0 Å². The third-order valence-corrected chi connectivity index (χ3v) is 2.60. The second-order valence-corrected chi connectivity index (χ2v) is 5.91. The summed E-state index contributed by atoms with van der Waals surface area (Å²) in [4.78, 5) is 13.5. The maximum Gasteiger partial charge on any atom is 0.407 e. The van der Waals surface area contributed by atoms with E-state index in [1.807, 2.05) is 4.90 Å². The van der Waals surface area contributed by atoms with Gasteiger partial charge in [-0.15, -0.1) is 0 Å². The molecule has 0 aliphatic rings. The number of aliphatic hydroxyl groups is 2. The fraction of sp³-hybridized carbons (Fsp3) is 0.929. The van der Waals surface area contributed by atoms with Gasteiger partial charge in [-0.25, -0.2) is 4.79 Å². The summed E-state index contributed by atoms with van der Waals surface area (Å²) in [5, 5.41) is 21.1. The molecule has 0 aromatic heterocycles. The second kappa shape index (κ2) is 10.8. The molecule has 0 fully saturated rings. The summed E-state index contributed by atoms with van der Waals surface area (Å²) in [7, 11) is 1.64. The van der Waals surface area contributed by atoms with Gasteiger partial charge >= 0.3 is 6.09 Å². The van der Waals surface area contributed by atoms with Crippen LogP contribution in [0.1, 0.15) is 27.2 Å². The Kier molecular flexibility index (Phi) is 10.3. The predicted molar refractivity (Wildman–Crippen MR) is 80.3 cm³/mol. The lowest BCUT2D eigenvalue weighted by Gasteiger charge is -2.25. The van der Waals surface area contributed by atoms with Crippen LogP contribution in [0, 0.1) is 0 Å². The molecule has 0 rings (SSSR count). The first-order chi connectivity index (χ1) is 9.78. The van der Waals surface area contributed by atoms with Gasteiger partial charge in [0.25, 0.3) is 0 Å². The number of nitrogens with one attached hydrogen (secondary N) is 1. The number of ether oxygens (including phenoxy) is 2. The highest BCUT2D eigenvalue weighted by molar-refractivity contribution is 5.67. The van der Waals surface area contributed by atoms with E-state index in [2.05, 4.69) is 5.32 Å². The van der Waals surface area contributed by atoms with Crippen LogP contribution >= 0.6 is 0 Å². The summed E-state index contributed by atoms with van der Waals surface area (Å²) < 4.78 is 10.1. The van der Waals surface area contributed by atoms with Crippen LogP contribution in [0.2, 0.25) is 0 Å². The predicted octanol–water partition coefficient (Wildman–Crippen LogP) is 0.203. The lowest BCUT2D eigenvalue weighted by molar-refractivity contribution is 0.0477. The molecule has 0 radical (unpaired) electrons. The molecule has 7 heteroatoms. The lowest BCUT2D eigenvalue weighted by atomic mass is 10.2. The first-order valence-corrected chi connectivity index (χ1v) is 7.25. The van der Waals surface area contributed by atoms with Gasteiger partial charge in [0.15, 0.2) is 0 Å². The van der Waals surface area contributed by atoms with Gasteiger partial charge in [-0.05, 0) is 27.2 Å². The number of rotatable bonds is 10. The maximum absolute atomic E-state index is 11.5. The van der Waals surface area contributed by atoms with Crippen LogP contribution in [-0.4, -0.2) is 79.4 Å². The Hall–Kier alpha value is -0.890. The Balaban J connectivity index is 4.06. The number of alkyl carbamates (subject to hydrolysis) is 1. The van der Waals surface area contributed by atoms with Crippen LogP contribution in [0.25, 0.3) is 0 Å². The Morgan fingerprint density at radius 1 is 1.33 bits per heavy atom. The molecule has 126 valence electrons. The molecule has 0 spiro atoms. The highest BCUT2D eigenvalue weighted by Gasteiger charge is 2.16. The zero-order valence-corrected chi connectivity index (χ0v) is 13.6. The smallest absolute Gasteiger partial charge is 0.407 e. The van der Waals surface area contributed by atoms with E-state index in [-0.39, 0.29) is 6.61 Å². The molecule has 0 saturated heterocycles. The zero-order chi connectivity index (χ0) is 16.3. The van der Waals surface area contributed by atoms with Crippen LogP contribution in [0.5, 0.6) is 0 Å². The molecule has 0 aliphatic heterocycles. The number of hydrogen-bond acceptors (Lipinski definition) is 6. The van der Waals surface area contributed by atoms with E-state index < -0.39 is 17.8 Å².